The number of benzene rings is 1. The highest BCUT2D eigenvalue weighted by molar-refractivity contribution is 5.94. The van der Waals surface area contributed by atoms with Crippen LogP contribution in [0, 0.1) is 17.1 Å². The second-order valence-corrected chi connectivity index (χ2v) is 7.59. The van der Waals surface area contributed by atoms with E-state index in [1.807, 2.05) is 6.92 Å². The molecule has 31 heavy (non-hydrogen) atoms. The highest BCUT2D eigenvalue weighted by atomic mass is 19.1. The highest BCUT2D eigenvalue weighted by Gasteiger charge is 2.37. The Morgan fingerprint density at radius 3 is 2.97 bits per heavy atom. The third-order valence-corrected chi connectivity index (χ3v) is 5.46. The van der Waals surface area contributed by atoms with E-state index in [1.165, 1.54) is 23.9 Å². The summed E-state index contributed by atoms with van der Waals surface area (Å²) in [7, 11) is 1.47. The fraction of sp³-hybridized carbons (Fsp3) is 0.400. The van der Waals surface area contributed by atoms with Crippen LogP contribution in [0.25, 0.3) is 0 Å². The molecule has 0 saturated carbocycles. The molecule has 3 amide bonds. The Kier molecular flexibility index (Phi) is 5.34. The molecule has 2 N–H and O–H groups in total. The van der Waals surface area contributed by atoms with Crippen molar-refractivity contribution in [3.8, 4) is 6.07 Å². The van der Waals surface area contributed by atoms with Gasteiger partial charge in [-0.3, -0.25) is 14.3 Å². The van der Waals surface area contributed by atoms with Gasteiger partial charge in [-0.1, -0.05) is 0 Å². The lowest BCUT2D eigenvalue weighted by atomic mass is 9.99. The molecule has 0 saturated heterocycles. The van der Waals surface area contributed by atoms with E-state index in [4.69, 9.17) is 10.1 Å². The number of nitriles is 1. The van der Waals surface area contributed by atoms with Gasteiger partial charge in [-0.05, 0) is 25.1 Å². The van der Waals surface area contributed by atoms with Crippen LogP contribution in [-0.4, -0.2) is 62.6 Å². The topological polar surface area (TPSA) is 124 Å². The number of urea groups is 1. The lowest BCUT2D eigenvalue weighted by molar-refractivity contribution is -0.159. The Labute approximate surface area is 177 Å². The van der Waals surface area contributed by atoms with Gasteiger partial charge in [0, 0.05) is 30.8 Å². The SMILES string of the molecule is CC1Cc2nn3c(c2CN1C(=O)Nc1ccc(F)c(C#N)c1)C(=O)N(C)OC(CO)C3. The van der Waals surface area contributed by atoms with Crippen LogP contribution >= 0.6 is 0 Å². The molecule has 0 fully saturated rings. The van der Waals surface area contributed by atoms with Gasteiger partial charge >= 0.3 is 6.03 Å². The first-order chi connectivity index (χ1) is 14.8. The maximum absolute atomic E-state index is 13.6. The summed E-state index contributed by atoms with van der Waals surface area (Å²) in [6.07, 6.45) is -0.168. The van der Waals surface area contributed by atoms with Crippen LogP contribution in [0.1, 0.15) is 34.2 Å². The molecule has 11 heteroatoms. The zero-order valence-electron chi connectivity index (χ0n) is 17.0. The van der Waals surface area contributed by atoms with Gasteiger partial charge in [-0.15, -0.1) is 0 Å². The smallest absolute Gasteiger partial charge is 0.322 e. The molecule has 0 bridgehead atoms. The molecule has 0 aliphatic carbocycles. The molecule has 4 rings (SSSR count). The second-order valence-electron chi connectivity index (χ2n) is 7.59. The van der Waals surface area contributed by atoms with Gasteiger partial charge in [-0.25, -0.2) is 14.2 Å². The number of nitrogens with zero attached hydrogens (tertiary/aromatic N) is 5. The van der Waals surface area contributed by atoms with Gasteiger partial charge in [0.05, 0.1) is 31.0 Å². The number of carbonyl (C=O) groups excluding carboxylic acids is 2. The first kappa shape index (κ1) is 20.8. The molecule has 2 unspecified atom stereocenters. The monoisotopic (exact) mass is 428 g/mol. The number of anilines is 1. The Hall–Kier alpha value is -3.49. The Balaban J connectivity index is 1.61. The van der Waals surface area contributed by atoms with Crippen LogP contribution in [-0.2, 0) is 24.3 Å². The van der Waals surface area contributed by atoms with E-state index < -0.39 is 23.9 Å². The average Bonchev–Trinajstić information content (AvgIpc) is 3.03. The number of halogens is 1. The third-order valence-electron chi connectivity index (χ3n) is 5.46. The normalized spacial score (nSPS) is 20.5. The molecule has 1 aromatic carbocycles. The predicted octanol–water partition coefficient (Wildman–Crippen LogP) is 1.25. The number of hydrogen-bond donors (Lipinski definition) is 2. The van der Waals surface area contributed by atoms with Gasteiger partial charge in [0.1, 0.15) is 23.7 Å². The van der Waals surface area contributed by atoms with E-state index in [2.05, 4.69) is 10.4 Å². The molecule has 0 spiro atoms. The van der Waals surface area contributed by atoms with Crippen LogP contribution in [0.4, 0.5) is 14.9 Å². The minimum absolute atomic E-state index is 0.146. The summed E-state index contributed by atoms with van der Waals surface area (Å²) in [4.78, 5) is 32.8. The number of nitrogens with one attached hydrogen (secondary N) is 1. The summed E-state index contributed by atoms with van der Waals surface area (Å²) in [6.45, 7) is 1.95. The molecule has 1 aromatic heterocycles. The van der Waals surface area contributed by atoms with Crippen LogP contribution in [0.2, 0.25) is 0 Å². The summed E-state index contributed by atoms with van der Waals surface area (Å²) in [6, 6.07) is 4.86. The van der Waals surface area contributed by atoms with Gasteiger partial charge in [-0.2, -0.15) is 10.4 Å². The molecule has 0 radical (unpaired) electrons. The van der Waals surface area contributed by atoms with Crippen molar-refractivity contribution in [2.24, 2.45) is 0 Å². The van der Waals surface area contributed by atoms with Crippen molar-refractivity contribution in [1.29, 1.82) is 5.26 Å². The van der Waals surface area contributed by atoms with Crippen LogP contribution in [0.15, 0.2) is 18.2 Å². The zero-order chi connectivity index (χ0) is 22.3. The van der Waals surface area contributed by atoms with Crippen LogP contribution in [0.5, 0.6) is 0 Å². The minimum Gasteiger partial charge on any atom is -0.393 e. The second kappa shape index (κ2) is 7.98. The first-order valence-electron chi connectivity index (χ1n) is 9.73. The van der Waals surface area contributed by atoms with E-state index >= 15 is 0 Å². The summed E-state index contributed by atoms with van der Waals surface area (Å²) in [5.74, 6) is -1.07. The maximum Gasteiger partial charge on any atom is 0.322 e. The summed E-state index contributed by atoms with van der Waals surface area (Å²) in [5, 5.41) is 26.8. The van der Waals surface area contributed by atoms with Crippen molar-refractivity contribution in [3.05, 3.63) is 46.5 Å². The number of hydroxylamine groups is 2. The minimum atomic E-state index is -0.662. The van der Waals surface area contributed by atoms with Crippen molar-refractivity contribution in [3.63, 3.8) is 0 Å². The Morgan fingerprint density at radius 1 is 1.48 bits per heavy atom. The number of carbonyl (C=O) groups is 2. The van der Waals surface area contributed by atoms with E-state index in [0.29, 0.717) is 23.4 Å². The Morgan fingerprint density at radius 2 is 2.26 bits per heavy atom. The van der Waals surface area contributed by atoms with Crippen molar-refractivity contribution in [1.82, 2.24) is 19.7 Å². The van der Waals surface area contributed by atoms with Crippen molar-refractivity contribution in [2.75, 3.05) is 19.0 Å². The third kappa shape index (κ3) is 3.71. The molecule has 2 atom stereocenters. The molecule has 2 aliphatic rings. The largest absolute Gasteiger partial charge is 0.393 e. The number of aliphatic hydroxyl groups is 1. The van der Waals surface area contributed by atoms with Gasteiger partial charge in [0.25, 0.3) is 5.91 Å². The lowest BCUT2D eigenvalue weighted by Crippen LogP contribution is -2.45. The van der Waals surface area contributed by atoms with E-state index in [0.717, 1.165) is 16.8 Å². The maximum atomic E-state index is 13.6. The zero-order valence-corrected chi connectivity index (χ0v) is 17.0. The Bertz CT molecular complexity index is 1090. The number of rotatable bonds is 2. The van der Waals surface area contributed by atoms with E-state index in [-0.39, 0.29) is 31.3 Å². The number of amides is 3. The fourth-order valence-corrected chi connectivity index (χ4v) is 3.86. The summed E-state index contributed by atoms with van der Waals surface area (Å²) in [5.41, 5.74) is 1.81. The quantitative estimate of drug-likeness (QED) is 0.742. The number of hydrogen-bond acceptors (Lipinski definition) is 6. The van der Waals surface area contributed by atoms with Crippen molar-refractivity contribution < 1.29 is 23.9 Å². The average molecular weight is 428 g/mol. The van der Waals surface area contributed by atoms with Crippen molar-refractivity contribution in [2.45, 2.75) is 38.6 Å². The van der Waals surface area contributed by atoms with Gasteiger partial charge in [0.15, 0.2) is 0 Å². The van der Waals surface area contributed by atoms with Crippen LogP contribution < -0.4 is 5.32 Å². The molecule has 2 aromatic rings. The standard InChI is InChI=1S/C20H21FN6O4/c1-11-5-17-15(18-19(29)25(2)31-14(10-28)8-27(18)24-17)9-26(11)20(30)23-13-3-4-16(21)12(6-13)7-22/h3-4,6,11,14,28H,5,8-10H2,1-2H3,(H,23,30). The van der Waals surface area contributed by atoms with E-state index in [1.54, 1.807) is 11.0 Å². The number of aliphatic hydroxyl groups excluding tert-OH is 1. The van der Waals surface area contributed by atoms with Crippen LogP contribution in [0.3, 0.4) is 0 Å². The molecule has 3 heterocycles. The van der Waals surface area contributed by atoms with Gasteiger partial charge < -0.3 is 15.3 Å². The molecule has 162 valence electrons. The summed E-state index contributed by atoms with van der Waals surface area (Å²) >= 11 is 0. The fourth-order valence-electron chi connectivity index (χ4n) is 3.86. The molecular formula is C20H21FN6O4. The number of fused-ring (bicyclic) bond motifs is 3. The number of aromatic nitrogens is 2. The molecular weight excluding hydrogens is 407 g/mol. The molecule has 2 aliphatic heterocycles. The first-order valence-corrected chi connectivity index (χ1v) is 9.73. The molecule has 10 nitrogen and oxygen atoms in total. The highest BCUT2D eigenvalue weighted by Crippen LogP contribution is 2.29. The van der Waals surface area contributed by atoms with E-state index in [9.17, 15) is 19.1 Å². The summed E-state index contributed by atoms with van der Waals surface area (Å²) < 4.78 is 15.1. The van der Waals surface area contributed by atoms with Crippen molar-refractivity contribution >= 4 is 17.6 Å². The van der Waals surface area contributed by atoms with Gasteiger partial charge in [0.2, 0.25) is 0 Å². The predicted molar refractivity (Wildman–Crippen MR) is 105 cm³/mol. The lowest BCUT2D eigenvalue weighted by Gasteiger charge is -2.33.